The predicted molar refractivity (Wildman–Crippen MR) is 86.2 cm³/mol. The second kappa shape index (κ2) is 8.36. The Morgan fingerprint density at radius 3 is 2.64 bits per heavy atom. The number of benzene rings is 1. The first-order valence-corrected chi connectivity index (χ1v) is 7.90. The lowest BCUT2D eigenvalue weighted by Gasteiger charge is -2.21. The van der Waals surface area contributed by atoms with Crippen molar-refractivity contribution in [3.63, 3.8) is 0 Å². The summed E-state index contributed by atoms with van der Waals surface area (Å²) < 4.78 is 20.0. The Labute approximate surface area is 145 Å². The van der Waals surface area contributed by atoms with Crippen molar-refractivity contribution in [2.24, 2.45) is 5.92 Å². The van der Waals surface area contributed by atoms with Crippen molar-refractivity contribution in [3.05, 3.63) is 23.8 Å². The van der Waals surface area contributed by atoms with Gasteiger partial charge in [0.1, 0.15) is 6.04 Å². The number of nitrogens with one attached hydrogen (secondary N) is 1. The maximum atomic E-state index is 12.0. The van der Waals surface area contributed by atoms with E-state index in [4.69, 9.17) is 14.2 Å². The minimum Gasteiger partial charge on any atom is -0.467 e. The van der Waals surface area contributed by atoms with Crippen molar-refractivity contribution in [2.45, 2.75) is 26.3 Å². The van der Waals surface area contributed by atoms with Gasteiger partial charge in [0.15, 0.2) is 18.1 Å². The van der Waals surface area contributed by atoms with Crippen LogP contribution in [-0.4, -0.2) is 44.4 Å². The molecule has 1 aromatic carbocycles. The lowest BCUT2D eigenvalue weighted by Crippen LogP contribution is -2.47. The molecule has 0 radical (unpaired) electrons. The van der Waals surface area contributed by atoms with Gasteiger partial charge in [0.2, 0.25) is 6.79 Å². The number of carbonyl (C=O) groups is 3. The van der Waals surface area contributed by atoms with Gasteiger partial charge in [-0.15, -0.1) is 0 Å². The molecule has 0 aromatic heterocycles. The Morgan fingerprint density at radius 2 is 1.96 bits per heavy atom. The van der Waals surface area contributed by atoms with E-state index in [1.807, 2.05) is 13.8 Å². The SMILES string of the molecule is CC[C@@H](C)[C@@H](NC(=O)COC(=O)c1ccc2c(c1)OCO2)C(=O)OC. The fourth-order valence-corrected chi connectivity index (χ4v) is 2.25. The third-order valence-electron chi connectivity index (χ3n) is 3.93. The van der Waals surface area contributed by atoms with Crippen LogP contribution in [0.15, 0.2) is 18.2 Å². The van der Waals surface area contributed by atoms with Crippen LogP contribution < -0.4 is 14.8 Å². The molecule has 8 nitrogen and oxygen atoms in total. The highest BCUT2D eigenvalue weighted by molar-refractivity contribution is 5.92. The summed E-state index contributed by atoms with van der Waals surface area (Å²) in [6.07, 6.45) is 0.678. The molecule has 136 valence electrons. The van der Waals surface area contributed by atoms with E-state index in [0.29, 0.717) is 17.9 Å². The molecular formula is C17H21NO7. The lowest BCUT2D eigenvalue weighted by molar-refractivity contribution is -0.147. The largest absolute Gasteiger partial charge is 0.467 e. The first-order chi connectivity index (χ1) is 12.0. The van der Waals surface area contributed by atoms with Gasteiger partial charge in [-0.3, -0.25) is 4.79 Å². The monoisotopic (exact) mass is 351 g/mol. The Bertz CT molecular complexity index is 658. The highest BCUT2D eigenvalue weighted by atomic mass is 16.7. The molecule has 0 aliphatic carbocycles. The van der Waals surface area contributed by atoms with Gasteiger partial charge >= 0.3 is 11.9 Å². The smallest absolute Gasteiger partial charge is 0.338 e. The Kier molecular flexibility index (Phi) is 6.21. The third kappa shape index (κ3) is 4.62. The van der Waals surface area contributed by atoms with Gasteiger partial charge in [-0.2, -0.15) is 0 Å². The summed E-state index contributed by atoms with van der Waals surface area (Å²) in [7, 11) is 1.25. The van der Waals surface area contributed by atoms with E-state index >= 15 is 0 Å². The molecule has 0 saturated heterocycles. The van der Waals surface area contributed by atoms with E-state index in [1.54, 1.807) is 6.07 Å². The van der Waals surface area contributed by atoms with E-state index < -0.39 is 30.5 Å². The van der Waals surface area contributed by atoms with Crippen LogP contribution in [0.3, 0.4) is 0 Å². The normalized spacial score (nSPS) is 14.4. The Balaban J connectivity index is 1.90. The predicted octanol–water partition coefficient (Wildman–Crippen LogP) is 1.28. The summed E-state index contributed by atoms with van der Waals surface area (Å²) in [5.41, 5.74) is 0.239. The van der Waals surface area contributed by atoms with Gasteiger partial charge in [-0.1, -0.05) is 20.3 Å². The third-order valence-corrected chi connectivity index (χ3v) is 3.93. The van der Waals surface area contributed by atoms with Gasteiger partial charge in [-0.25, -0.2) is 9.59 Å². The second-order valence-corrected chi connectivity index (χ2v) is 5.60. The van der Waals surface area contributed by atoms with Gasteiger partial charge < -0.3 is 24.3 Å². The average Bonchev–Trinajstić information content (AvgIpc) is 3.10. The number of carbonyl (C=O) groups excluding carboxylic acids is 3. The first kappa shape index (κ1) is 18.6. The molecule has 1 aromatic rings. The fourth-order valence-electron chi connectivity index (χ4n) is 2.25. The highest BCUT2D eigenvalue weighted by Gasteiger charge is 2.27. The number of fused-ring (bicyclic) bond motifs is 1. The Hall–Kier alpha value is -2.77. The Morgan fingerprint density at radius 1 is 1.24 bits per heavy atom. The van der Waals surface area contributed by atoms with Crippen molar-refractivity contribution in [1.29, 1.82) is 0 Å². The topological polar surface area (TPSA) is 100 Å². The summed E-state index contributed by atoms with van der Waals surface area (Å²) in [6, 6.07) is 3.81. The van der Waals surface area contributed by atoms with Crippen molar-refractivity contribution in [3.8, 4) is 11.5 Å². The molecule has 0 spiro atoms. The number of ether oxygens (including phenoxy) is 4. The molecule has 0 saturated carbocycles. The van der Waals surface area contributed by atoms with Gasteiger partial charge in [0.25, 0.3) is 5.91 Å². The van der Waals surface area contributed by atoms with E-state index in [2.05, 4.69) is 10.1 Å². The molecule has 8 heteroatoms. The van der Waals surface area contributed by atoms with Gasteiger partial charge in [0, 0.05) is 0 Å². The first-order valence-electron chi connectivity index (χ1n) is 7.90. The number of methoxy groups -OCH3 is 1. The molecule has 2 rings (SSSR count). The highest BCUT2D eigenvalue weighted by Crippen LogP contribution is 2.32. The van der Waals surface area contributed by atoms with E-state index in [0.717, 1.165) is 0 Å². The molecule has 1 heterocycles. The molecule has 1 aliphatic heterocycles. The standard InChI is InChI=1S/C17H21NO7/c1-4-10(2)15(17(21)22-3)18-14(19)8-23-16(20)11-5-6-12-13(7-11)25-9-24-12/h5-7,10,15H,4,8-9H2,1-3H3,(H,18,19)/t10-,15-/m1/s1. The number of esters is 2. The minimum atomic E-state index is -0.785. The molecule has 1 aliphatic rings. The fraction of sp³-hybridized carbons (Fsp3) is 0.471. The average molecular weight is 351 g/mol. The summed E-state index contributed by atoms with van der Waals surface area (Å²) in [4.78, 5) is 35.7. The molecule has 0 fully saturated rings. The van der Waals surface area contributed by atoms with E-state index in [9.17, 15) is 14.4 Å². The van der Waals surface area contributed by atoms with E-state index in [1.165, 1.54) is 19.2 Å². The van der Waals surface area contributed by atoms with Crippen molar-refractivity contribution < 1.29 is 33.3 Å². The molecule has 1 amide bonds. The van der Waals surface area contributed by atoms with Crippen LogP contribution in [0.1, 0.15) is 30.6 Å². The van der Waals surface area contributed by atoms with Crippen LogP contribution in [0.4, 0.5) is 0 Å². The quantitative estimate of drug-likeness (QED) is 0.739. The van der Waals surface area contributed by atoms with Crippen molar-refractivity contribution in [2.75, 3.05) is 20.5 Å². The zero-order valence-electron chi connectivity index (χ0n) is 14.4. The zero-order valence-corrected chi connectivity index (χ0v) is 14.4. The summed E-state index contributed by atoms with van der Waals surface area (Å²) >= 11 is 0. The lowest BCUT2D eigenvalue weighted by atomic mass is 9.99. The molecule has 1 N–H and O–H groups in total. The second-order valence-electron chi connectivity index (χ2n) is 5.60. The number of rotatable bonds is 7. The van der Waals surface area contributed by atoms with Crippen LogP contribution >= 0.6 is 0 Å². The summed E-state index contributed by atoms with van der Waals surface area (Å²) in [6.45, 7) is 3.31. The zero-order chi connectivity index (χ0) is 18.4. The van der Waals surface area contributed by atoms with Crippen molar-refractivity contribution >= 4 is 17.8 Å². The number of hydrogen-bond acceptors (Lipinski definition) is 7. The minimum absolute atomic E-state index is 0.0980. The van der Waals surface area contributed by atoms with Gasteiger partial charge in [-0.05, 0) is 24.1 Å². The van der Waals surface area contributed by atoms with Crippen LogP contribution in [0.25, 0.3) is 0 Å². The number of amides is 1. The maximum Gasteiger partial charge on any atom is 0.338 e. The van der Waals surface area contributed by atoms with E-state index in [-0.39, 0.29) is 18.3 Å². The van der Waals surface area contributed by atoms with Crippen molar-refractivity contribution in [1.82, 2.24) is 5.32 Å². The van der Waals surface area contributed by atoms with Crippen LogP contribution in [0.5, 0.6) is 11.5 Å². The molecular weight excluding hydrogens is 330 g/mol. The number of hydrogen-bond donors (Lipinski definition) is 1. The van der Waals surface area contributed by atoms with Gasteiger partial charge in [0.05, 0.1) is 12.7 Å². The maximum absolute atomic E-state index is 12.0. The molecule has 0 bridgehead atoms. The van der Waals surface area contributed by atoms with Crippen LogP contribution in [0, 0.1) is 5.92 Å². The summed E-state index contributed by atoms with van der Waals surface area (Å²) in [5.74, 6) is -0.910. The molecule has 0 unspecified atom stereocenters. The van der Waals surface area contributed by atoms with Crippen LogP contribution in [-0.2, 0) is 19.1 Å². The van der Waals surface area contributed by atoms with Crippen LogP contribution in [0.2, 0.25) is 0 Å². The summed E-state index contributed by atoms with van der Waals surface area (Å²) in [5, 5.41) is 2.53. The molecule has 2 atom stereocenters. The molecule has 25 heavy (non-hydrogen) atoms.